The van der Waals surface area contributed by atoms with Crippen molar-refractivity contribution in [1.82, 2.24) is 15.3 Å². The molecule has 1 aromatic heterocycles. The third-order valence-corrected chi connectivity index (χ3v) is 3.22. The number of aromatic amines is 1. The Morgan fingerprint density at radius 1 is 1.33 bits per heavy atom. The molecule has 6 heteroatoms. The summed E-state index contributed by atoms with van der Waals surface area (Å²) in [6.07, 6.45) is -0.292. The third-order valence-electron chi connectivity index (χ3n) is 3.22. The first-order valence-electron chi connectivity index (χ1n) is 6.82. The molecule has 0 fully saturated rings. The average Bonchev–Trinajstić information content (AvgIpc) is 2.87. The van der Waals surface area contributed by atoms with E-state index in [1.54, 1.807) is 0 Å². The van der Waals surface area contributed by atoms with Crippen molar-refractivity contribution in [3.8, 4) is 0 Å². The minimum Gasteiger partial charge on any atom is -0.469 e. The number of hydrogen-bond donors (Lipinski definition) is 2. The number of methoxy groups -OCH3 is 1. The monoisotopic (exact) mass is 289 g/mol. The van der Waals surface area contributed by atoms with E-state index in [2.05, 4.69) is 20.0 Å². The van der Waals surface area contributed by atoms with Gasteiger partial charge in [-0.2, -0.15) is 0 Å². The number of nitrogens with one attached hydrogen (secondary N) is 2. The van der Waals surface area contributed by atoms with Crippen molar-refractivity contribution < 1.29 is 14.3 Å². The fraction of sp³-hybridized carbons (Fsp3) is 0.400. The number of hydrogen-bond acceptors (Lipinski definition) is 4. The Bertz CT molecular complexity index is 615. The maximum absolute atomic E-state index is 11.9. The molecule has 0 radical (unpaired) electrons. The van der Waals surface area contributed by atoms with Gasteiger partial charge in [0.2, 0.25) is 5.91 Å². The quantitative estimate of drug-likeness (QED) is 0.651. The van der Waals surface area contributed by atoms with Gasteiger partial charge in [-0.05, 0) is 18.1 Å². The van der Waals surface area contributed by atoms with E-state index in [9.17, 15) is 9.59 Å². The largest absolute Gasteiger partial charge is 0.469 e. The minimum absolute atomic E-state index is 0.132. The Hall–Kier alpha value is -2.37. The number of para-hydroxylation sites is 2. The first kappa shape index (κ1) is 15.0. The van der Waals surface area contributed by atoms with Gasteiger partial charge in [-0.25, -0.2) is 4.98 Å². The van der Waals surface area contributed by atoms with Crippen molar-refractivity contribution >= 4 is 22.9 Å². The normalized spacial score (nSPS) is 12.4. The molecule has 2 N–H and O–H groups in total. The molecule has 0 bridgehead atoms. The highest BCUT2D eigenvalue weighted by molar-refractivity contribution is 5.94. The van der Waals surface area contributed by atoms with Gasteiger partial charge in [-0.3, -0.25) is 9.59 Å². The van der Waals surface area contributed by atoms with Crippen LogP contribution in [0, 0.1) is 5.92 Å². The number of ether oxygens (including phenoxy) is 1. The van der Waals surface area contributed by atoms with Crippen molar-refractivity contribution in [2.45, 2.75) is 26.3 Å². The molecule has 1 atom stereocenters. The molecule has 1 unspecified atom stereocenters. The molecule has 0 saturated carbocycles. The van der Waals surface area contributed by atoms with E-state index in [-0.39, 0.29) is 24.3 Å². The lowest BCUT2D eigenvalue weighted by molar-refractivity contribution is -0.144. The molecule has 1 aromatic carbocycles. The smallest absolute Gasteiger partial charge is 0.315 e. The van der Waals surface area contributed by atoms with Crippen molar-refractivity contribution in [3.63, 3.8) is 0 Å². The number of nitrogens with zero attached hydrogens (tertiary/aromatic N) is 1. The van der Waals surface area contributed by atoms with Gasteiger partial charge in [0.25, 0.3) is 0 Å². The first-order valence-corrected chi connectivity index (χ1v) is 6.82. The number of fused-ring (bicyclic) bond motifs is 1. The van der Waals surface area contributed by atoms with Crippen LogP contribution in [-0.2, 0) is 14.3 Å². The fourth-order valence-electron chi connectivity index (χ4n) is 2.10. The van der Waals surface area contributed by atoms with Gasteiger partial charge in [-0.1, -0.05) is 26.0 Å². The Kier molecular flexibility index (Phi) is 4.57. The number of amides is 1. The average molecular weight is 289 g/mol. The van der Waals surface area contributed by atoms with Gasteiger partial charge in [0, 0.05) is 0 Å². The second-order valence-corrected chi connectivity index (χ2v) is 5.18. The summed E-state index contributed by atoms with van der Waals surface area (Å²) >= 11 is 0. The van der Waals surface area contributed by atoms with Crippen LogP contribution in [0.15, 0.2) is 24.3 Å². The number of esters is 1. The van der Waals surface area contributed by atoms with Crippen LogP contribution in [0.4, 0.5) is 0 Å². The summed E-state index contributed by atoms with van der Waals surface area (Å²) in [6.45, 7) is 3.96. The first-order chi connectivity index (χ1) is 10.0. The van der Waals surface area contributed by atoms with Gasteiger partial charge in [0.1, 0.15) is 12.2 Å². The third kappa shape index (κ3) is 3.59. The number of H-pyrrole nitrogens is 1. The van der Waals surface area contributed by atoms with E-state index in [1.807, 2.05) is 38.1 Å². The molecule has 0 aliphatic heterocycles. The van der Waals surface area contributed by atoms with Crippen molar-refractivity contribution in [2.75, 3.05) is 7.11 Å². The van der Waals surface area contributed by atoms with E-state index >= 15 is 0 Å². The molecular weight excluding hydrogens is 270 g/mol. The zero-order valence-corrected chi connectivity index (χ0v) is 12.3. The topological polar surface area (TPSA) is 84.1 Å². The van der Waals surface area contributed by atoms with E-state index in [1.165, 1.54) is 7.11 Å². The predicted molar refractivity (Wildman–Crippen MR) is 78.4 cm³/mol. The van der Waals surface area contributed by atoms with E-state index in [0.29, 0.717) is 5.82 Å². The highest BCUT2D eigenvalue weighted by atomic mass is 16.5. The lowest BCUT2D eigenvalue weighted by Gasteiger charge is -2.20. The number of carbonyl (C=O) groups excluding carboxylic acids is 2. The van der Waals surface area contributed by atoms with E-state index in [4.69, 9.17) is 0 Å². The summed E-state index contributed by atoms with van der Waals surface area (Å²) < 4.78 is 4.49. The predicted octanol–water partition coefficient (Wildman–Crippen LogP) is 1.94. The van der Waals surface area contributed by atoms with Crippen LogP contribution in [0.25, 0.3) is 11.0 Å². The second-order valence-electron chi connectivity index (χ2n) is 5.18. The van der Waals surface area contributed by atoms with Gasteiger partial charge < -0.3 is 15.0 Å². The number of carbonyl (C=O) groups is 2. The van der Waals surface area contributed by atoms with Crippen LogP contribution in [0.5, 0.6) is 0 Å². The molecular formula is C15H19N3O3. The summed E-state index contributed by atoms with van der Waals surface area (Å²) in [5.41, 5.74) is 1.76. The summed E-state index contributed by atoms with van der Waals surface area (Å²) in [6, 6.07) is 7.38. The molecule has 2 aromatic rings. The van der Waals surface area contributed by atoms with Crippen LogP contribution in [-0.4, -0.2) is 29.0 Å². The molecule has 21 heavy (non-hydrogen) atoms. The molecule has 1 amide bonds. The maximum Gasteiger partial charge on any atom is 0.315 e. The van der Waals surface area contributed by atoms with Gasteiger partial charge in [0.15, 0.2) is 0 Å². The standard InChI is InChI=1S/C15H19N3O3/c1-9(2)14(18-12(19)8-13(20)21-3)15-16-10-6-4-5-7-11(10)17-15/h4-7,9,14H,8H2,1-3H3,(H,16,17)(H,18,19). The number of aromatic nitrogens is 2. The Morgan fingerprint density at radius 2 is 2.05 bits per heavy atom. The van der Waals surface area contributed by atoms with Crippen molar-refractivity contribution in [2.24, 2.45) is 5.92 Å². The highest BCUT2D eigenvalue weighted by Crippen LogP contribution is 2.22. The molecule has 1 heterocycles. The summed E-state index contributed by atoms with van der Waals surface area (Å²) in [5, 5.41) is 2.83. The molecule has 0 aliphatic rings. The SMILES string of the molecule is COC(=O)CC(=O)NC(c1nc2ccccc2[nH]1)C(C)C. The molecule has 6 nitrogen and oxygen atoms in total. The van der Waals surface area contributed by atoms with Crippen molar-refractivity contribution in [3.05, 3.63) is 30.1 Å². The van der Waals surface area contributed by atoms with Crippen LogP contribution in [0.1, 0.15) is 32.1 Å². The van der Waals surface area contributed by atoms with Gasteiger partial charge in [0.05, 0.1) is 24.2 Å². The Balaban J connectivity index is 2.18. The molecule has 0 aliphatic carbocycles. The maximum atomic E-state index is 11.9. The van der Waals surface area contributed by atoms with Crippen molar-refractivity contribution in [1.29, 1.82) is 0 Å². The van der Waals surface area contributed by atoms with Crippen LogP contribution >= 0.6 is 0 Å². The van der Waals surface area contributed by atoms with E-state index in [0.717, 1.165) is 11.0 Å². The lowest BCUT2D eigenvalue weighted by Crippen LogP contribution is -2.33. The molecule has 2 rings (SSSR count). The summed E-state index contributed by atoms with van der Waals surface area (Å²) in [7, 11) is 1.26. The molecule has 0 saturated heterocycles. The Labute approximate surface area is 122 Å². The molecule has 112 valence electrons. The zero-order valence-electron chi connectivity index (χ0n) is 12.3. The van der Waals surface area contributed by atoms with Crippen LogP contribution < -0.4 is 5.32 Å². The summed E-state index contributed by atoms with van der Waals surface area (Å²) in [5.74, 6) is -0.114. The highest BCUT2D eigenvalue weighted by Gasteiger charge is 2.22. The minimum atomic E-state index is -0.556. The number of imidazole rings is 1. The van der Waals surface area contributed by atoms with Crippen LogP contribution in [0.3, 0.4) is 0 Å². The van der Waals surface area contributed by atoms with Gasteiger partial charge in [-0.15, -0.1) is 0 Å². The Morgan fingerprint density at radius 3 is 2.67 bits per heavy atom. The fourth-order valence-corrected chi connectivity index (χ4v) is 2.10. The number of rotatable bonds is 5. The second kappa shape index (κ2) is 6.39. The number of benzene rings is 1. The van der Waals surface area contributed by atoms with Gasteiger partial charge >= 0.3 is 5.97 Å². The van der Waals surface area contributed by atoms with Crippen LogP contribution in [0.2, 0.25) is 0 Å². The van der Waals surface area contributed by atoms with E-state index < -0.39 is 5.97 Å². The summed E-state index contributed by atoms with van der Waals surface area (Å²) in [4.78, 5) is 30.7. The zero-order chi connectivity index (χ0) is 15.4. The lowest BCUT2D eigenvalue weighted by atomic mass is 10.0. The molecule has 0 spiro atoms.